The molecule has 0 aliphatic heterocycles. The molecule has 0 aromatic heterocycles. The third-order valence-corrected chi connectivity index (χ3v) is 4.25. The number of ether oxygens (including phenoxy) is 2. The van der Waals surface area contributed by atoms with Crippen LogP contribution in [0.1, 0.15) is 28.8 Å². The lowest BCUT2D eigenvalue weighted by Crippen LogP contribution is -2.35. The molecular weight excluding hydrogens is 322 g/mol. The maximum absolute atomic E-state index is 12.0. The number of nitro groups is 1. The minimum Gasteiger partial charge on any atom is -0.459 e. The average Bonchev–Trinajstić information content (AvgIpc) is 2.60. The standard InChI is InChI=1S/C19H19NO5/c21-19(16-6-8-17(9-7-16)20(22)23)25-18-10-15(11-18)13-24-12-14-4-2-1-3-5-14/h1-9,15,18H,10-13H2. The minimum atomic E-state index is -0.499. The summed E-state index contributed by atoms with van der Waals surface area (Å²) in [6.45, 7) is 1.24. The zero-order valence-corrected chi connectivity index (χ0v) is 13.7. The maximum Gasteiger partial charge on any atom is 0.338 e. The Hall–Kier alpha value is -2.73. The lowest BCUT2D eigenvalue weighted by Gasteiger charge is -2.34. The number of benzene rings is 2. The van der Waals surface area contributed by atoms with E-state index in [0.29, 0.717) is 24.7 Å². The van der Waals surface area contributed by atoms with Crippen LogP contribution in [0.2, 0.25) is 0 Å². The molecule has 0 spiro atoms. The van der Waals surface area contributed by atoms with E-state index in [1.807, 2.05) is 30.3 Å². The van der Waals surface area contributed by atoms with Crippen LogP contribution in [-0.4, -0.2) is 23.6 Å². The van der Waals surface area contributed by atoms with E-state index in [0.717, 1.165) is 18.4 Å². The van der Waals surface area contributed by atoms with Crippen LogP contribution in [0.15, 0.2) is 54.6 Å². The van der Waals surface area contributed by atoms with Crippen LogP contribution in [0, 0.1) is 16.0 Å². The largest absolute Gasteiger partial charge is 0.459 e. The summed E-state index contributed by atoms with van der Waals surface area (Å²) >= 11 is 0. The number of esters is 1. The van der Waals surface area contributed by atoms with Crippen molar-refractivity contribution in [2.24, 2.45) is 5.92 Å². The quantitative estimate of drug-likeness (QED) is 0.435. The van der Waals surface area contributed by atoms with Crippen LogP contribution in [0.5, 0.6) is 0 Å². The van der Waals surface area contributed by atoms with Gasteiger partial charge in [-0.1, -0.05) is 30.3 Å². The first-order chi connectivity index (χ1) is 12.1. The Bertz CT molecular complexity index is 723. The first kappa shape index (κ1) is 17.1. The first-order valence-electron chi connectivity index (χ1n) is 8.19. The van der Waals surface area contributed by atoms with Gasteiger partial charge in [0.05, 0.1) is 23.7 Å². The van der Waals surface area contributed by atoms with Crippen molar-refractivity contribution in [3.8, 4) is 0 Å². The molecule has 3 rings (SSSR count). The van der Waals surface area contributed by atoms with Crippen molar-refractivity contribution in [2.75, 3.05) is 6.61 Å². The van der Waals surface area contributed by atoms with Crippen LogP contribution >= 0.6 is 0 Å². The highest BCUT2D eigenvalue weighted by Crippen LogP contribution is 2.31. The summed E-state index contributed by atoms with van der Waals surface area (Å²) in [5, 5.41) is 10.6. The molecule has 1 aliphatic rings. The van der Waals surface area contributed by atoms with Gasteiger partial charge in [0, 0.05) is 12.1 Å². The zero-order valence-electron chi connectivity index (χ0n) is 13.7. The van der Waals surface area contributed by atoms with Gasteiger partial charge in [-0.25, -0.2) is 4.79 Å². The molecule has 25 heavy (non-hydrogen) atoms. The normalized spacial score (nSPS) is 19.0. The van der Waals surface area contributed by atoms with Gasteiger partial charge in [-0.05, 0) is 36.5 Å². The van der Waals surface area contributed by atoms with E-state index in [1.165, 1.54) is 24.3 Å². The number of non-ortho nitro benzene ring substituents is 1. The summed E-state index contributed by atoms with van der Waals surface area (Å²) in [5.41, 5.74) is 1.42. The zero-order chi connectivity index (χ0) is 17.6. The van der Waals surface area contributed by atoms with Crippen molar-refractivity contribution < 1.29 is 19.2 Å². The van der Waals surface area contributed by atoms with Gasteiger partial charge in [-0.2, -0.15) is 0 Å². The van der Waals surface area contributed by atoms with Gasteiger partial charge in [-0.3, -0.25) is 10.1 Å². The van der Waals surface area contributed by atoms with E-state index in [1.54, 1.807) is 0 Å². The van der Waals surface area contributed by atoms with Gasteiger partial charge in [0.15, 0.2) is 0 Å². The molecule has 1 aliphatic carbocycles. The molecule has 2 aromatic carbocycles. The average molecular weight is 341 g/mol. The van der Waals surface area contributed by atoms with E-state index < -0.39 is 10.9 Å². The third kappa shape index (κ3) is 4.64. The summed E-state index contributed by atoms with van der Waals surface area (Å²) in [5.74, 6) is -0.0399. The van der Waals surface area contributed by atoms with Crippen LogP contribution in [0.4, 0.5) is 5.69 Å². The van der Waals surface area contributed by atoms with Crippen molar-refractivity contribution in [1.82, 2.24) is 0 Å². The predicted molar refractivity (Wildman–Crippen MR) is 91.1 cm³/mol. The van der Waals surface area contributed by atoms with Crippen molar-refractivity contribution in [3.05, 3.63) is 75.8 Å². The highest BCUT2D eigenvalue weighted by atomic mass is 16.6. The van der Waals surface area contributed by atoms with Gasteiger partial charge >= 0.3 is 5.97 Å². The summed E-state index contributed by atoms with van der Waals surface area (Å²) in [6.07, 6.45) is 1.47. The molecule has 0 saturated heterocycles. The second-order valence-electron chi connectivity index (χ2n) is 6.17. The molecule has 1 saturated carbocycles. The molecular formula is C19H19NO5. The second kappa shape index (κ2) is 7.90. The molecule has 0 bridgehead atoms. The highest BCUT2D eigenvalue weighted by Gasteiger charge is 2.32. The second-order valence-corrected chi connectivity index (χ2v) is 6.17. The fraction of sp³-hybridized carbons (Fsp3) is 0.316. The summed E-state index contributed by atoms with van der Waals surface area (Å²) in [4.78, 5) is 22.1. The molecule has 1 fully saturated rings. The SMILES string of the molecule is O=C(OC1CC(COCc2ccccc2)C1)c1ccc([N+](=O)[O-])cc1. The molecule has 0 N–H and O–H groups in total. The molecule has 0 unspecified atom stereocenters. The van der Waals surface area contributed by atoms with Gasteiger partial charge in [0.1, 0.15) is 6.10 Å². The number of hydrogen-bond donors (Lipinski definition) is 0. The van der Waals surface area contributed by atoms with Gasteiger partial charge in [-0.15, -0.1) is 0 Å². The van der Waals surface area contributed by atoms with E-state index in [9.17, 15) is 14.9 Å². The number of nitro benzene ring substituents is 1. The molecule has 0 heterocycles. The molecule has 0 radical (unpaired) electrons. The van der Waals surface area contributed by atoms with E-state index >= 15 is 0 Å². The Labute approximate surface area is 145 Å². The lowest BCUT2D eigenvalue weighted by molar-refractivity contribution is -0.384. The van der Waals surface area contributed by atoms with Gasteiger partial charge in [0.2, 0.25) is 0 Å². The van der Waals surface area contributed by atoms with E-state index in [-0.39, 0.29) is 11.8 Å². The molecule has 2 aromatic rings. The molecule has 130 valence electrons. The smallest absolute Gasteiger partial charge is 0.338 e. The Morgan fingerprint density at radius 2 is 1.76 bits per heavy atom. The van der Waals surface area contributed by atoms with E-state index in [4.69, 9.17) is 9.47 Å². The number of rotatable bonds is 7. The number of hydrogen-bond acceptors (Lipinski definition) is 5. The molecule has 0 atom stereocenters. The maximum atomic E-state index is 12.0. The van der Waals surface area contributed by atoms with Crippen LogP contribution in [0.3, 0.4) is 0 Å². The van der Waals surface area contributed by atoms with Crippen molar-refractivity contribution in [3.63, 3.8) is 0 Å². The minimum absolute atomic E-state index is 0.0455. The summed E-state index contributed by atoms with van der Waals surface area (Å²) in [6, 6.07) is 15.4. The van der Waals surface area contributed by atoms with Crippen LogP contribution in [-0.2, 0) is 16.1 Å². The molecule has 6 heteroatoms. The monoisotopic (exact) mass is 341 g/mol. The van der Waals surface area contributed by atoms with Gasteiger partial charge in [0.25, 0.3) is 5.69 Å². The third-order valence-electron chi connectivity index (χ3n) is 4.25. The van der Waals surface area contributed by atoms with Crippen LogP contribution < -0.4 is 0 Å². The van der Waals surface area contributed by atoms with Gasteiger partial charge < -0.3 is 9.47 Å². The Morgan fingerprint density at radius 1 is 1.08 bits per heavy atom. The first-order valence-corrected chi connectivity index (χ1v) is 8.19. The fourth-order valence-corrected chi connectivity index (χ4v) is 2.76. The van der Waals surface area contributed by atoms with Crippen molar-refractivity contribution in [2.45, 2.75) is 25.6 Å². The Balaban J connectivity index is 1.36. The lowest BCUT2D eigenvalue weighted by atomic mass is 9.83. The van der Waals surface area contributed by atoms with Crippen LogP contribution in [0.25, 0.3) is 0 Å². The summed E-state index contributed by atoms with van der Waals surface area (Å²) in [7, 11) is 0. The summed E-state index contributed by atoms with van der Waals surface area (Å²) < 4.78 is 11.1. The fourth-order valence-electron chi connectivity index (χ4n) is 2.76. The Morgan fingerprint density at radius 3 is 2.40 bits per heavy atom. The number of carbonyl (C=O) groups is 1. The number of carbonyl (C=O) groups excluding carboxylic acids is 1. The topological polar surface area (TPSA) is 78.7 Å². The van der Waals surface area contributed by atoms with Crippen molar-refractivity contribution >= 4 is 11.7 Å². The highest BCUT2D eigenvalue weighted by molar-refractivity contribution is 5.89. The van der Waals surface area contributed by atoms with Crippen molar-refractivity contribution in [1.29, 1.82) is 0 Å². The molecule has 6 nitrogen and oxygen atoms in total. The van der Waals surface area contributed by atoms with E-state index in [2.05, 4.69) is 0 Å². The number of nitrogens with zero attached hydrogens (tertiary/aromatic N) is 1. The predicted octanol–water partition coefficient (Wildman–Crippen LogP) is 3.75. The molecule has 0 amide bonds. The Kier molecular flexibility index (Phi) is 5.40.